The molecule has 0 saturated heterocycles. The molecule has 2 aromatic rings. The van der Waals surface area contributed by atoms with Gasteiger partial charge in [0.05, 0.1) is 22.6 Å². The summed E-state index contributed by atoms with van der Waals surface area (Å²) in [5.74, 6) is -0.993. The van der Waals surface area contributed by atoms with Crippen molar-refractivity contribution in [2.24, 2.45) is 7.05 Å². The fraction of sp³-hybridized carbons (Fsp3) is 0.0909. The summed E-state index contributed by atoms with van der Waals surface area (Å²) in [6, 6.07) is 3.70. The molecule has 0 aliphatic carbocycles. The Labute approximate surface area is 107 Å². The minimum absolute atomic E-state index is 0.183. The molecule has 18 heavy (non-hydrogen) atoms. The Kier molecular flexibility index (Phi) is 3.20. The number of nitrogens with zero attached hydrogens (tertiary/aromatic N) is 2. The average Bonchev–Trinajstić information content (AvgIpc) is 2.63. The number of carbonyl (C=O) groups excluding carboxylic acids is 1. The number of carbonyl (C=O) groups is 1. The van der Waals surface area contributed by atoms with Gasteiger partial charge in [-0.15, -0.1) is 0 Å². The summed E-state index contributed by atoms with van der Waals surface area (Å²) >= 11 is 5.85. The second-order valence-corrected chi connectivity index (χ2v) is 4.06. The van der Waals surface area contributed by atoms with Crippen LogP contribution in [0.2, 0.25) is 5.02 Å². The van der Waals surface area contributed by atoms with E-state index in [1.807, 2.05) is 0 Å². The van der Waals surface area contributed by atoms with Crippen LogP contribution in [-0.4, -0.2) is 15.7 Å². The molecule has 1 heterocycles. The number of aryl methyl sites for hydroxylation is 1. The molecule has 1 aromatic carbocycles. The smallest absolute Gasteiger partial charge is 0.276 e. The van der Waals surface area contributed by atoms with Crippen molar-refractivity contribution in [2.45, 2.75) is 0 Å². The molecular formula is C11H10ClFN4O. The first-order chi connectivity index (χ1) is 8.49. The molecule has 1 amide bonds. The van der Waals surface area contributed by atoms with Crippen molar-refractivity contribution in [1.29, 1.82) is 0 Å². The third-order valence-electron chi connectivity index (χ3n) is 2.36. The third-order valence-corrected chi connectivity index (χ3v) is 2.69. The lowest BCUT2D eigenvalue weighted by Crippen LogP contribution is -2.18. The maximum Gasteiger partial charge on any atom is 0.276 e. The minimum atomic E-state index is -0.500. The highest BCUT2D eigenvalue weighted by Crippen LogP contribution is 2.23. The molecule has 3 N–H and O–H groups in total. The summed E-state index contributed by atoms with van der Waals surface area (Å²) in [5.41, 5.74) is 6.22. The van der Waals surface area contributed by atoms with Crippen LogP contribution in [0.25, 0.3) is 0 Å². The van der Waals surface area contributed by atoms with E-state index in [0.717, 1.165) is 6.07 Å². The van der Waals surface area contributed by atoms with E-state index in [0.29, 0.717) is 0 Å². The lowest BCUT2D eigenvalue weighted by Gasteiger charge is -2.08. The van der Waals surface area contributed by atoms with Crippen LogP contribution < -0.4 is 11.1 Å². The summed E-state index contributed by atoms with van der Waals surface area (Å²) < 4.78 is 14.4. The number of halogens is 2. The standard InChI is InChI=1S/C11H10ClFN4O/c1-17-10(8(14)5-15-17)11(18)16-9-4-6(13)2-3-7(9)12/h2-5H,14H2,1H3,(H,16,18). The second kappa shape index (κ2) is 4.66. The van der Waals surface area contributed by atoms with Gasteiger partial charge in [-0.3, -0.25) is 9.48 Å². The number of hydrogen-bond acceptors (Lipinski definition) is 3. The number of nitrogens with one attached hydrogen (secondary N) is 1. The maximum atomic E-state index is 13.0. The molecule has 0 unspecified atom stereocenters. The Morgan fingerprint density at radius 3 is 2.89 bits per heavy atom. The van der Waals surface area contributed by atoms with Crippen LogP contribution in [0.3, 0.4) is 0 Å². The zero-order valence-electron chi connectivity index (χ0n) is 9.45. The highest BCUT2D eigenvalue weighted by molar-refractivity contribution is 6.33. The Morgan fingerprint density at radius 1 is 1.56 bits per heavy atom. The highest BCUT2D eigenvalue weighted by Gasteiger charge is 2.16. The van der Waals surface area contributed by atoms with Gasteiger partial charge in [0.1, 0.15) is 11.5 Å². The minimum Gasteiger partial charge on any atom is -0.396 e. The molecule has 0 bridgehead atoms. The van der Waals surface area contributed by atoms with Crippen molar-refractivity contribution < 1.29 is 9.18 Å². The van der Waals surface area contributed by atoms with Gasteiger partial charge in [0.2, 0.25) is 0 Å². The molecule has 0 saturated carbocycles. The second-order valence-electron chi connectivity index (χ2n) is 3.65. The van der Waals surface area contributed by atoms with E-state index < -0.39 is 11.7 Å². The van der Waals surface area contributed by atoms with Gasteiger partial charge in [0.15, 0.2) is 0 Å². The van der Waals surface area contributed by atoms with Crippen LogP contribution in [-0.2, 0) is 7.05 Å². The fourth-order valence-electron chi connectivity index (χ4n) is 1.51. The number of nitrogens with two attached hydrogens (primary N) is 1. The average molecular weight is 269 g/mol. The van der Waals surface area contributed by atoms with Crippen LogP contribution in [0.5, 0.6) is 0 Å². The monoisotopic (exact) mass is 268 g/mol. The fourth-order valence-corrected chi connectivity index (χ4v) is 1.67. The van der Waals surface area contributed by atoms with Crippen LogP contribution in [0, 0.1) is 5.82 Å². The summed E-state index contributed by atoms with van der Waals surface area (Å²) in [6.07, 6.45) is 1.36. The van der Waals surface area contributed by atoms with Gasteiger partial charge in [-0.2, -0.15) is 5.10 Å². The summed E-state index contributed by atoms with van der Waals surface area (Å²) in [6.45, 7) is 0. The number of aromatic nitrogens is 2. The molecule has 0 atom stereocenters. The van der Waals surface area contributed by atoms with Crippen LogP contribution in [0.4, 0.5) is 15.8 Å². The summed E-state index contributed by atoms with van der Waals surface area (Å²) in [4.78, 5) is 11.9. The summed E-state index contributed by atoms with van der Waals surface area (Å²) in [7, 11) is 1.58. The Balaban J connectivity index is 2.30. The normalized spacial score (nSPS) is 10.4. The molecule has 0 radical (unpaired) electrons. The number of rotatable bonds is 2. The first-order valence-corrected chi connectivity index (χ1v) is 5.40. The number of benzene rings is 1. The third kappa shape index (κ3) is 2.28. The van der Waals surface area contributed by atoms with Crippen LogP contribution in [0.15, 0.2) is 24.4 Å². The molecule has 1 aromatic heterocycles. The first kappa shape index (κ1) is 12.4. The lowest BCUT2D eigenvalue weighted by atomic mass is 10.3. The van der Waals surface area contributed by atoms with Gasteiger partial charge in [0, 0.05) is 7.05 Å². The van der Waals surface area contributed by atoms with Crippen molar-refractivity contribution in [3.05, 3.63) is 40.9 Å². The van der Waals surface area contributed by atoms with Gasteiger partial charge in [-0.1, -0.05) is 11.6 Å². The van der Waals surface area contributed by atoms with E-state index in [1.165, 1.54) is 23.0 Å². The first-order valence-electron chi connectivity index (χ1n) is 5.03. The Hall–Kier alpha value is -2.08. The number of hydrogen-bond donors (Lipinski definition) is 2. The molecule has 7 heteroatoms. The van der Waals surface area contributed by atoms with E-state index >= 15 is 0 Å². The Morgan fingerprint density at radius 2 is 2.28 bits per heavy atom. The van der Waals surface area contributed by atoms with Gasteiger partial charge in [0.25, 0.3) is 5.91 Å². The quantitative estimate of drug-likeness (QED) is 0.875. The van der Waals surface area contributed by atoms with Crippen molar-refractivity contribution in [3.63, 3.8) is 0 Å². The molecule has 94 valence electrons. The SMILES string of the molecule is Cn1ncc(N)c1C(=O)Nc1cc(F)ccc1Cl. The van der Waals surface area contributed by atoms with Crippen LogP contribution >= 0.6 is 11.6 Å². The molecule has 0 aliphatic heterocycles. The van der Waals surface area contributed by atoms with Crippen molar-refractivity contribution >= 4 is 28.9 Å². The molecule has 0 spiro atoms. The Bertz CT molecular complexity index is 592. The lowest BCUT2D eigenvalue weighted by molar-refractivity contribution is 0.101. The molecule has 0 fully saturated rings. The van der Waals surface area contributed by atoms with Crippen LogP contribution in [0.1, 0.15) is 10.5 Å². The van der Waals surface area contributed by atoms with Crippen molar-refractivity contribution in [2.75, 3.05) is 11.1 Å². The maximum absolute atomic E-state index is 13.0. The predicted molar refractivity (Wildman–Crippen MR) is 67.0 cm³/mol. The van der Waals surface area contributed by atoms with Crippen molar-refractivity contribution in [3.8, 4) is 0 Å². The van der Waals surface area contributed by atoms with Gasteiger partial charge >= 0.3 is 0 Å². The van der Waals surface area contributed by atoms with Gasteiger partial charge in [-0.25, -0.2) is 4.39 Å². The van der Waals surface area contributed by atoms with Gasteiger partial charge < -0.3 is 11.1 Å². The van der Waals surface area contributed by atoms with Crippen molar-refractivity contribution in [1.82, 2.24) is 9.78 Å². The number of amides is 1. The highest BCUT2D eigenvalue weighted by atomic mass is 35.5. The van der Waals surface area contributed by atoms with E-state index in [-0.39, 0.29) is 22.1 Å². The molecule has 2 rings (SSSR count). The molecular weight excluding hydrogens is 259 g/mol. The van der Waals surface area contributed by atoms with E-state index in [1.54, 1.807) is 7.05 Å². The van der Waals surface area contributed by atoms with Gasteiger partial charge in [-0.05, 0) is 18.2 Å². The predicted octanol–water partition coefficient (Wildman–Crippen LogP) is 2.05. The number of nitrogen functional groups attached to an aromatic ring is 1. The summed E-state index contributed by atoms with van der Waals surface area (Å²) in [5, 5.41) is 6.57. The zero-order chi connectivity index (χ0) is 13.3. The molecule has 5 nitrogen and oxygen atoms in total. The van der Waals surface area contributed by atoms with E-state index in [4.69, 9.17) is 17.3 Å². The van der Waals surface area contributed by atoms with E-state index in [9.17, 15) is 9.18 Å². The number of anilines is 2. The topological polar surface area (TPSA) is 72.9 Å². The molecule has 0 aliphatic rings. The largest absolute Gasteiger partial charge is 0.396 e. The zero-order valence-corrected chi connectivity index (χ0v) is 10.2. The van der Waals surface area contributed by atoms with E-state index in [2.05, 4.69) is 10.4 Å².